The predicted molar refractivity (Wildman–Crippen MR) is 225 cm³/mol. The van der Waals surface area contributed by atoms with E-state index in [4.69, 9.17) is 9.47 Å². The predicted octanol–water partition coefficient (Wildman–Crippen LogP) is 12.3. The Morgan fingerprint density at radius 1 is 0.352 bits per heavy atom. The van der Waals surface area contributed by atoms with Gasteiger partial charge >= 0.3 is 0 Å². The van der Waals surface area contributed by atoms with Gasteiger partial charge in [0.15, 0.2) is 0 Å². The fraction of sp³-hybridized carbons (Fsp3) is 0.520. The highest BCUT2D eigenvalue weighted by Gasteiger charge is 2.28. The van der Waals surface area contributed by atoms with Crippen LogP contribution < -0.4 is 9.47 Å². The van der Waals surface area contributed by atoms with Crippen molar-refractivity contribution < 1.29 is 19.7 Å². The molecule has 2 aliphatic rings. The van der Waals surface area contributed by atoms with Crippen molar-refractivity contribution in [1.29, 1.82) is 0 Å². The van der Waals surface area contributed by atoms with Gasteiger partial charge in [0.1, 0.15) is 23.0 Å². The summed E-state index contributed by atoms with van der Waals surface area (Å²) in [6.45, 7) is 28.3. The third-order valence-electron chi connectivity index (χ3n) is 11.5. The van der Waals surface area contributed by atoms with Crippen LogP contribution in [0.15, 0.2) is 48.5 Å². The van der Waals surface area contributed by atoms with Gasteiger partial charge in [-0.3, -0.25) is 0 Å². The van der Waals surface area contributed by atoms with E-state index in [-0.39, 0.29) is 21.7 Å². The molecule has 1 aliphatic heterocycles. The summed E-state index contributed by atoms with van der Waals surface area (Å²) in [7, 11) is 0. The number of hydrogen-bond donors (Lipinski definition) is 2. The monoisotopic (exact) mass is 730 g/mol. The van der Waals surface area contributed by atoms with E-state index in [0.717, 1.165) is 92.8 Å². The zero-order chi connectivity index (χ0) is 39.4. The first-order chi connectivity index (χ1) is 25.1. The first-order valence-electron chi connectivity index (χ1n) is 20.4. The number of phenols is 2. The van der Waals surface area contributed by atoms with Crippen molar-refractivity contribution >= 4 is 0 Å². The molecule has 0 amide bonds. The van der Waals surface area contributed by atoms with Crippen molar-refractivity contribution in [3.63, 3.8) is 0 Å². The maximum Gasteiger partial charge on any atom is 0.126 e. The van der Waals surface area contributed by atoms with E-state index in [9.17, 15) is 10.2 Å². The molecule has 4 nitrogen and oxygen atoms in total. The topological polar surface area (TPSA) is 58.9 Å². The lowest BCUT2D eigenvalue weighted by molar-refractivity contribution is 0.286. The minimum absolute atomic E-state index is 0.102. The molecular formula is C50H66O4. The standard InChI is InChI=1S/C50H66O4/c1-47(2,3)39-23-31-19-32-24-40(48(4,5)6)26-34(44(32)52)21-36-28-42(50(10,11)12)30-38-22-37-29-41(49(7,8)9)27-35(20-33(25-39)43(31)51)45(37)53-17-15-13-14-16-18-54-46(36)38/h23-30,51-52H,13-22H2,1-12H3. The van der Waals surface area contributed by atoms with Crippen LogP contribution in [-0.2, 0) is 47.3 Å². The van der Waals surface area contributed by atoms with E-state index in [1.807, 2.05) is 0 Å². The van der Waals surface area contributed by atoms with Crippen molar-refractivity contribution in [2.24, 2.45) is 0 Å². The van der Waals surface area contributed by atoms with Crippen LogP contribution in [0, 0.1) is 0 Å². The molecule has 0 unspecified atom stereocenters. The second kappa shape index (κ2) is 14.6. The Morgan fingerprint density at radius 3 is 0.833 bits per heavy atom. The van der Waals surface area contributed by atoms with Gasteiger partial charge in [-0.15, -0.1) is 0 Å². The number of ether oxygens (including phenoxy) is 2. The van der Waals surface area contributed by atoms with Crippen LogP contribution >= 0.6 is 0 Å². The number of hydrogen-bond acceptors (Lipinski definition) is 4. The van der Waals surface area contributed by atoms with Crippen LogP contribution in [-0.4, -0.2) is 23.4 Å². The zero-order valence-electron chi connectivity index (χ0n) is 35.4. The molecule has 4 heteroatoms. The lowest BCUT2D eigenvalue weighted by atomic mass is 9.79. The van der Waals surface area contributed by atoms with Gasteiger partial charge in [-0.05, 0) is 114 Å². The Labute approximate surface area is 326 Å². The van der Waals surface area contributed by atoms with Crippen LogP contribution in [0.4, 0.5) is 0 Å². The summed E-state index contributed by atoms with van der Waals surface area (Å²) in [5.74, 6) is 2.46. The molecule has 0 saturated heterocycles. The maximum atomic E-state index is 12.2. The van der Waals surface area contributed by atoms with Gasteiger partial charge in [0.05, 0.1) is 13.2 Å². The van der Waals surface area contributed by atoms with Gasteiger partial charge in [0, 0.05) is 25.7 Å². The number of phenolic OH excluding ortho intramolecular Hbond substituents is 2. The molecule has 6 rings (SSSR count). The number of aromatic hydroxyl groups is 2. The molecule has 0 fully saturated rings. The fourth-order valence-corrected chi connectivity index (χ4v) is 7.92. The number of fused-ring (bicyclic) bond motifs is 4. The summed E-state index contributed by atoms with van der Waals surface area (Å²) in [4.78, 5) is 0. The normalized spacial score (nSPS) is 15.9. The van der Waals surface area contributed by atoms with Crippen molar-refractivity contribution in [2.75, 3.05) is 13.2 Å². The van der Waals surface area contributed by atoms with E-state index in [1.165, 1.54) is 11.1 Å². The van der Waals surface area contributed by atoms with Crippen LogP contribution in [0.25, 0.3) is 0 Å². The first kappa shape index (κ1) is 39.8. The highest BCUT2D eigenvalue weighted by atomic mass is 16.5. The minimum Gasteiger partial charge on any atom is -0.507 e. The third-order valence-corrected chi connectivity index (χ3v) is 11.5. The van der Waals surface area contributed by atoms with Gasteiger partial charge < -0.3 is 19.7 Å². The average molecular weight is 731 g/mol. The van der Waals surface area contributed by atoms with E-state index in [2.05, 4.69) is 132 Å². The van der Waals surface area contributed by atoms with Crippen LogP contribution in [0.3, 0.4) is 0 Å². The van der Waals surface area contributed by atoms with Gasteiger partial charge in [-0.2, -0.15) is 0 Å². The molecule has 10 bridgehead atoms. The summed E-state index contributed by atoms with van der Waals surface area (Å²) in [6, 6.07) is 18.1. The molecule has 2 N–H and O–H groups in total. The minimum atomic E-state index is -0.146. The molecule has 0 radical (unpaired) electrons. The van der Waals surface area contributed by atoms with Gasteiger partial charge in [0.2, 0.25) is 0 Å². The number of benzene rings is 4. The average Bonchev–Trinajstić information content (AvgIpc) is 3.06. The molecule has 54 heavy (non-hydrogen) atoms. The largest absolute Gasteiger partial charge is 0.507 e. The Kier molecular flexibility index (Phi) is 10.8. The molecule has 1 heterocycles. The van der Waals surface area contributed by atoms with E-state index in [0.29, 0.717) is 50.4 Å². The molecular weight excluding hydrogens is 665 g/mol. The van der Waals surface area contributed by atoms with Crippen molar-refractivity contribution in [2.45, 2.75) is 156 Å². The molecule has 4 aromatic carbocycles. The second-order valence-corrected chi connectivity index (χ2v) is 20.4. The lowest BCUT2D eigenvalue weighted by Crippen LogP contribution is -2.17. The molecule has 290 valence electrons. The summed E-state index contributed by atoms with van der Waals surface area (Å²) in [5.41, 5.74) is 12.3. The molecule has 0 spiro atoms. The zero-order valence-corrected chi connectivity index (χ0v) is 35.4. The Morgan fingerprint density at radius 2 is 0.574 bits per heavy atom. The van der Waals surface area contributed by atoms with Gasteiger partial charge in [-0.25, -0.2) is 0 Å². The van der Waals surface area contributed by atoms with Crippen LogP contribution in [0.2, 0.25) is 0 Å². The van der Waals surface area contributed by atoms with Crippen LogP contribution in [0.1, 0.15) is 176 Å². The fourth-order valence-electron chi connectivity index (χ4n) is 7.92. The second-order valence-electron chi connectivity index (χ2n) is 20.4. The van der Waals surface area contributed by atoms with E-state index in [1.54, 1.807) is 0 Å². The number of rotatable bonds is 0. The summed E-state index contributed by atoms with van der Waals surface area (Å²) < 4.78 is 13.8. The maximum absolute atomic E-state index is 12.2. The third kappa shape index (κ3) is 8.64. The first-order valence-corrected chi connectivity index (χ1v) is 20.4. The van der Waals surface area contributed by atoms with Gasteiger partial charge in [0.25, 0.3) is 0 Å². The van der Waals surface area contributed by atoms with Crippen LogP contribution in [0.5, 0.6) is 23.0 Å². The SMILES string of the molecule is CC(C)(C)c1cc2c(O)c(c1)Cc1cc(C(C)(C)C)cc3c1OCCCCCCOc1c(cc(C(C)(C)C)cc1C3)Cc1cc(C(C)(C)C)cc(c1O)C2. The quantitative estimate of drug-likeness (QED) is 0.167. The summed E-state index contributed by atoms with van der Waals surface area (Å²) >= 11 is 0. The summed E-state index contributed by atoms with van der Waals surface area (Å²) in [5, 5.41) is 24.5. The van der Waals surface area contributed by atoms with Crippen molar-refractivity contribution in [3.05, 3.63) is 115 Å². The van der Waals surface area contributed by atoms with E-state index < -0.39 is 0 Å². The van der Waals surface area contributed by atoms with Crippen molar-refractivity contribution in [3.8, 4) is 23.0 Å². The molecule has 0 saturated carbocycles. The highest BCUT2D eigenvalue weighted by Crippen LogP contribution is 2.44. The summed E-state index contributed by atoms with van der Waals surface area (Å²) in [6.07, 6.45) is 6.24. The molecule has 0 atom stereocenters. The highest BCUT2D eigenvalue weighted by molar-refractivity contribution is 5.59. The Hall–Kier alpha value is -3.92. The Balaban J connectivity index is 1.75. The lowest BCUT2D eigenvalue weighted by Gasteiger charge is -2.28. The Bertz CT molecular complexity index is 1880. The van der Waals surface area contributed by atoms with Crippen molar-refractivity contribution in [1.82, 2.24) is 0 Å². The van der Waals surface area contributed by atoms with Gasteiger partial charge in [-0.1, -0.05) is 132 Å². The molecule has 0 aromatic heterocycles. The smallest absolute Gasteiger partial charge is 0.126 e. The molecule has 1 aliphatic carbocycles. The molecule has 4 aromatic rings. The van der Waals surface area contributed by atoms with E-state index >= 15 is 0 Å².